The molecule has 0 saturated carbocycles. The summed E-state index contributed by atoms with van der Waals surface area (Å²) in [6.07, 6.45) is 1.26. The fourth-order valence-corrected chi connectivity index (χ4v) is 3.92. The minimum Gasteiger partial charge on any atom is -0.481 e. The van der Waals surface area contributed by atoms with E-state index < -0.39 is 11.9 Å². The molecule has 1 aliphatic rings. The number of thiazole rings is 1. The maximum atomic E-state index is 11.3. The van der Waals surface area contributed by atoms with E-state index in [1.807, 2.05) is 37.3 Å². The van der Waals surface area contributed by atoms with Crippen LogP contribution >= 0.6 is 11.3 Å². The molecule has 2 atom stereocenters. The standard InChI is InChI=1S/C16H17NO3S/c1-2-20-14(10-6-4-3-5-7-10)15-17-13-11(16(18)19)8-9-12(13)21-15/h3-7,11,14H,2,8-9H2,1H3,(H,18,19). The third-order valence-electron chi connectivity index (χ3n) is 3.69. The molecule has 0 radical (unpaired) electrons. The van der Waals surface area contributed by atoms with E-state index in [0.717, 1.165) is 27.6 Å². The van der Waals surface area contributed by atoms with Crippen molar-refractivity contribution in [2.24, 2.45) is 0 Å². The number of fused-ring (bicyclic) bond motifs is 1. The Labute approximate surface area is 127 Å². The summed E-state index contributed by atoms with van der Waals surface area (Å²) in [5.74, 6) is -1.23. The number of aromatic nitrogens is 1. The van der Waals surface area contributed by atoms with E-state index in [9.17, 15) is 9.90 Å². The van der Waals surface area contributed by atoms with Gasteiger partial charge in [-0.25, -0.2) is 4.98 Å². The summed E-state index contributed by atoms with van der Waals surface area (Å²) in [4.78, 5) is 17.0. The van der Waals surface area contributed by atoms with E-state index in [2.05, 4.69) is 4.98 Å². The molecule has 0 fully saturated rings. The number of benzene rings is 1. The van der Waals surface area contributed by atoms with E-state index in [1.165, 1.54) is 0 Å². The number of aryl methyl sites for hydroxylation is 1. The normalized spacial score (nSPS) is 18.4. The molecule has 0 amide bonds. The fraction of sp³-hybridized carbons (Fsp3) is 0.375. The Kier molecular flexibility index (Phi) is 4.03. The first-order valence-corrected chi connectivity index (χ1v) is 7.91. The van der Waals surface area contributed by atoms with Crippen molar-refractivity contribution in [2.75, 3.05) is 6.61 Å². The van der Waals surface area contributed by atoms with Crippen LogP contribution in [0.3, 0.4) is 0 Å². The average Bonchev–Trinajstić information content (AvgIpc) is 3.05. The van der Waals surface area contributed by atoms with Crippen LogP contribution < -0.4 is 0 Å². The van der Waals surface area contributed by atoms with Crippen molar-refractivity contribution in [1.29, 1.82) is 0 Å². The van der Waals surface area contributed by atoms with Crippen LogP contribution in [0.4, 0.5) is 0 Å². The minimum atomic E-state index is -0.779. The highest BCUT2D eigenvalue weighted by molar-refractivity contribution is 7.11. The van der Waals surface area contributed by atoms with Gasteiger partial charge in [0.05, 0.1) is 5.69 Å². The molecule has 2 unspecified atom stereocenters. The molecule has 2 aromatic rings. The molecule has 0 spiro atoms. The molecule has 0 aliphatic heterocycles. The van der Waals surface area contributed by atoms with Gasteiger partial charge >= 0.3 is 5.97 Å². The van der Waals surface area contributed by atoms with E-state index >= 15 is 0 Å². The topological polar surface area (TPSA) is 59.4 Å². The van der Waals surface area contributed by atoms with Crippen molar-refractivity contribution >= 4 is 17.3 Å². The number of rotatable bonds is 5. The zero-order valence-electron chi connectivity index (χ0n) is 11.8. The number of nitrogens with zero attached hydrogens (tertiary/aromatic N) is 1. The first-order chi connectivity index (χ1) is 10.2. The lowest BCUT2D eigenvalue weighted by Crippen LogP contribution is -2.10. The Hall–Kier alpha value is -1.72. The van der Waals surface area contributed by atoms with Gasteiger partial charge in [0.1, 0.15) is 17.0 Å². The molecule has 110 valence electrons. The molecule has 1 aromatic heterocycles. The Balaban J connectivity index is 1.95. The fourth-order valence-electron chi connectivity index (χ4n) is 2.70. The molecule has 1 heterocycles. The van der Waals surface area contributed by atoms with Gasteiger partial charge in [0.15, 0.2) is 0 Å². The molecule has 1 aromatic carbocycles. The number of carboxylic acids is 1. The van der Waals surface area contributed by atoms with E-state index in [-0.39, 0.29) is 6.10 Å². The van der Waals surface area contributed by atoms with Crippen LogP contribution in [0.15, 0.2) is 30.3 Å². The summed E-state index contributed by atoms with van der Waals surface area (Å²) in [6, 6.07) is 9.95. The predicted molar refractivity (Wildman–Crippen MR) is 80.7 cm³/mol. The summed E-state index contributed by atoms with van der Waals surface area (Å²) in [7, 11) is 0. The van der Waals surface area contributed by atoms with Crippen molar-refractivity contribution in [3.8, 4) is 0 Å². The van der Waals surface area contributed by atoms with Gasteiger partial charge in [-0.3, -0.25) is 4.79 Å². The average molecular weight is 303 g/mol. The lowest BCUT2D eigenvalue weighted by molar-refractivity contribution is -0.138. The lowest BCUT2D eigenvalue weighted by Gasteiger charge is -2.15. The Morgan fingerprint density at radius 1 is 1.48 bits per heavy atom. The summed E-state index contributed by atoms with van der Waals surface area (Å²) in [6.45, 7) is 2.55. The quantitative estimate of drug-likeness (QED) is 0.920. The van der Waals surface area contributed by atoms with E-state index in [0.29, 0.717) is 13.0 Å². The van der Waals surface area contributed by atoms with Gasteiger partial charge < -0.3 is 9.84 Å². The molecular formula is C16H17NO3S. The Morgan fingerprint density at radius 2 is 2.24 bits per heavy atom. The number of carboxylic acid groups (broad SMARTS) is 1. The second-order valence-corrected chi connectivity index (χ2v) is 6.15. The maximum Gasteiger partial charge on any atom is 0.312 e. The highest BCUT2D eigenvalue weighted by Gasteiger charge is 2.33. The largest absolute Gasteiger partial charge is 0.481 e. The third-order valence-corrected chi connectivity index (χ3v) is 4.87. The molecule has 0 saturated heterocycles. The molecule has 1 N–H and O–H groups in total. The SMILES string of the molecule is CCOC(c1ccccc1)c1nc2c(s1)CCC2C(=O)O. The number of aliphatic carboxylic acids is 1. The smallest absolute Gasteiger partial charge is 0.312 e. The van der Waals surface area contributed by atoms with Crippen LogP contribution in [0, 0.1) is 0 Å². The highest BCUT2D eigenvalue weighted by atomic mass is 32.1. The van der Waals surface area contributed by atoms with Crippen LogP contribution in [0.1, 0.15) is 46.5 Å². The van der Waals surface area contributed by atoms with Crippen molar-refractivity contribution in [3.63, 3.8) is 0 Å². The number of carbonyl (C=O) groups is 1. The highest BCUT2D eigenvalue weighted by Crippen LogP contribution is 2.40. The van der Waals surface area contributed by atoms with Gasteiger partial charge in [-0.1, -0.05) is 30.3 Å². The van der Waals surface area contributed by atoms with Crippen LogP contribution in [-0.2, 0) is 16.0 Å². The molecule has 3 rings (SSSR count). The Bertz CT molecular complexity index is 638. The van der Waals surface area contributed by atoms with Crippen LogP contribution in [0.25, 0.3) is 0 Å². The first-order valence-electron chi connectivity index (χ1n) is 7.09. The van der Waals surface area contributed by atoms with Crippen LogP contribution in [0.2, 0.25) is 0 Å². The summed E-state index contributed by atoms with van der Waals surface area (Å²) in [5.41, 5.74) is 1.79. The lowest BCUT2D eigenvalue weighted by atomic mass is 10.1. The van der Waals surface area contributed by atoms with Gasteiger partial charge in [-0.15, -0.1) is 11.3 Å². The second-order valence-electron chi connectivity index (χ2n) is 5.04. The number of hydrogen-bond donors (Lipinski definition) is 1. The molecule has 5 heteroatoms. The van der Waals surface area contributed by atoms with Crippen molar-refractivity contribution in [1.82, 2.24) is 4.98 Å². The third kappa shape index (κ3) is 2.71. The van der Waals surface area contributed by atoms with Crippen LogP contribution in [-0.4, -0.2) is 22.7 Å². The number of hydrogen-bond acceptors (Lipinski definition) is 4. The monoisotopic (exact) mass is 303 g/mol. The van der Waals surface area contributed by atoms with Gasteiger partial charge in [0.2, 0.25) is 0 Å². The van der Waals surface area contributed by atoms with Gasteiger partial charge in [0.25, 0.3) is 0 Å². The molecule has 1 aliphatic carbocycles. The zero-order chi connectivity index (χ0) is 14.8. The number of ether oxygens (including phenoxy) is 1. The van der Waals surface area contributed by atoms with Gasteiger partial charge in [-0.2, -0.15) is 0 Å². The second kappa shape index (κ2) is 5.95. The first kappa shape index (κ1) is 14.2. The summed E-state index contributed by atoms with van der Waals surface area (Å²) in [5, 5.41) is 10.1. The maximum absolute atomic E-state index is 11.3. The van der Waals surface area contributed by atoms with E-state index in [1.54, 1.807) is 11.3 Å². The molecule has 21 heavy (non-hydrogen) atoms. The minimum absolute atomic E-state index is 0.207. The molecule has 4 nitrogen and oxygen atoms in total. The van der Waals surface area contributed by atoms with Crippen molar-refractivity contribution < 1.29 is 14.6 Å². The zero-order valence-corrected chi connectivity index (χ0v) is 12.6. The predicted octanol–water partition coefficient (Wildman–Crippen LogP) is 3.38. The van der Waals surface area contributed by atoms with Crippen LogP contribution in [0.5, 0.6) is 0 Å². The van der Waals surface area contributed by atoms with E-state index in [4.69, 9.17) is 4.74 Å². The van der Waals surface area contributed by atoms with Gasteiger partial charge in [-0.05, 0) is 25.3 Å². The van der Waals surface area contributed by atoms with Crippen molar-refractivity contribution in [2.45, 2.75) is 31.8 Å². The van der Waals surface area contributed by atoms with Gasteiger partial charge in [0, 0.05) is 11.5 Å². The summed E-state index contributed by atoms with van der Waals surface area (Å²) >= 11 is 1.59. The van der Waals surface area contributed by atoms with Crippen molar-refractivity contribution in [3.05, 3.63) is 51.5 Å². The molecule has 0 bridgehead atoms. The molecular weight excluding hydrogens is 286 g/mol. The summed E-state index contributed by atoms with van der Waals surface area (Å²) < 4.78 is 5.85. The Morgan fingerprint density at radius 3 is 2.90 bits per heavy atom.